The molecule has 0 bridgehead atoms. The second-order valence-electron chi connectivity index (χ2n) is 12.4. The van der Waals surface area contributed by atoms with Crippen molar-refractivity contribution in [2.45, 2.75) is 200 Å². The van der Waals surface area contributed by atoms with Crippen LogP contribution in [0.2, 0.25) is 0 Å². The average Bonchev–Trinajstić information content (AvgIpc) is 2.96. The Morgan fingerprint density at radius 3 is 1.27 bits per heavy atom. The van der Waals surface area contributed by atoms with Crippen LogP contribution in [-0.2, 0) is 14.3 Å². The van der Waals surface area contributed by atoms with Gasteiger partial charge in [0.15, 0.2) is 0 Å². The first kappa shape index (κ1) is 39.7. The number of carboxylic acids is 1. The van der Waals surface area contributed by atoms with Crippen molar-refractivity contribution in [2.75, 3.05) is 6.61 Å². The summed E-state index contributed by atoms with van der Waals surface area (Å²) < 4.78 is 5.03. The van der Waals surface area contributed by atoms with Gasteiger partial charge in [0.2, 0.25) is 0 Å². The molecule has 4 heteroatoms. The topological polar surface area (TPSA) is 63.6 Å². The van der Waals surface area contributed by atoms with Crippen LogP contribution in [0.5, 0.6) is 0 Å². The predicted octanol–water partition coefficient (Wildman–Crippen LogP) is 12.1. The molecular weight excluding hydrogens is 508 g/mol. The van der Waals surface area contributed by atoms with E-state index in [1.54, 1.807) is 0 Å². The van der Waals surface area contributed by atoms with Gasteiger partial charge in [-0.15, -0.1) is 0 Å². The number of hydrogen-bond donors (Lipinski definition) is 1. The van der Waals surface area contributed by atoms with E-state index in [2.05, 4.69) is 19.1 Å². The molecule has 0 fully saturated rings. The molecule has 1 N–H and O–H groups in total. The van der Waals surface area contributed by atoms with Crippen LogP contribution in [0.3, 0.4) is 0 Å². The number of ether oxygens (including phenoxy) is 1. The highest BCUT2D eigenvalue weighted by atomic mass is 16.5. The summed E-state index contributed by atoms with van der Waals surface area (Å²) in [6, 6.07) is 0. The van der Waals surface area contributed by atoms with Gasteiger partial charge in [-0.25, -0.2) is 0 Å². The summed E-state index contributed by atoms with van der Waals surface area (Å²) in [6.45, 7) is 4.60. The number of allylic oxidation sites excluding steroid dienone is 2. The lowest BCUT2D eigenvalue weighted by molar-refractivity contribution is -0.151. The molecular formula is C37H70O4. The number of hydrogen-bond acceptors (Lipinski definition) is 3. The Morgan fingerprint density at radius 2 is 0.902 bits per heavy atom. The monoisotopic (exact) mass is 579 g/mol. The fourth-order valence-corrected chi connectivity index (χ4v) is 5.55. The van der Waals surface area contributed by atoms with Crippen LogP contribution < -0.4 is 0 Å². The van der Waals surface area contributed by atoms with Crippen molar-refractivity contribution in [3.8, 4) is 0 Å². The summed E-state index contributed by atoms with van der Waals surface area (Å²) in [6.07, 6.45) is 41.0. The van der Waals surface area contributed by atoms with Gasteiger partial charge in [0.05, 0.1) is 18.9 Å². The van der Waals surface area contributed by atoms with Gasteiger partial charge in [-0.3, -0.25) is 9.59 Å². The van der Waals surface area contributed by atoms with Gasteiger partial charge in [0.1, 0.15) is 0 Å². The van der Waals surface area contributed by atoms with E-state index in [0.717, 1.165) is 25.7 Å². The molecule has 41 heavy (non-hydrogen) atoms. The summed E-state index contributed by atoms with van der Waals surface area (Å²) in [5, 5.41) is 9.34. The third-order valence-electron chi connectivity index (χ3n) is 8.29. The number of aliphatic carboxylic acids is 1. The number of unbranched alkanes of at least 4 members (excludes halogenated alkanes) is 24. The fraction of sp³-hybridized carbons (Fsp3) is 0.892. The van der Waals surface area contributed by atoms with E-state index >= 15 is 0 Å². The first-order chi connectivity index (χ1) is 20.1. The van der Waals surface area contributed by atoms with Crippen LogP contribution in [0.25, 0.3) is 0 Å². The molecule has 0 aliphatic carbocycles. The summed E-state index contributed by atoms with van der Waals surface area (Å²) >= 11 is 0. The molecule has 0 aliphatic heterocycles. The molecule has 0 heterocycles. The van der Waals surface area contributed by atoms with Crippen molar-refractivity contribution in [1.82, 2.24) is 0 Å². The molecule has 0 saturated carbocycles. The molecule has 0 aromatic carbocycles. The van der Waals surface area contributed by atoms with Gasteiger partial charge < -0.3 is 9.84 Å². The van der Waals surface area contributed by atoms with Crippen LogP contribution in [0.1, 0.15) is 200 Å². The Morgan fingerprint density at radius 1 is 0.537 bits per heavy atom. The van der Waals surface area contributed by atoms with Crippen molar-refractivity contribution < 1.29 is 19.4 Å². The summed E-state index contributed by atoms with van der Waals surface area (Å²) in [5.74, 6) is -1.86. The smallest absolute Gasteiger partial charge is 0.307 e. The largest absolute Gasteiger partial charge is 0.481 e. The summed E-state index contributed by atoms with van der Waals surface area (Å²) in [5.41, 5.74) is 0. The molecule has 1 unspecified atom stereocenters. The quantitative estimate of drug-likeness (QED) is 0.0478. The minimum absolute atomic E-state index is 0.00400. The average molecular weight is 579 g/mol. The lowest BCUT2D eigenvalue weighted by Crippen LogP contribution is -2.19. The molecule has 0 amide bonds. The third kappa shape index (κ3) is 31.4. The maximum absolute atomic E-state index is 11.7. The van der Waals surface area contributed by atoms with E-state index in [1.165, 1.54) is 148 Å². The zero-order chi connectivity index (χ0) is 30.1. The van der Waals surface area contributed by atoms with E-state index in [1.807, 2.05) is 6.92 Å². The number of carboxylic acid groups (broad SMARTS) is 1. The molecule has 4 nitrogen and oxygen atoms in total. The van der Waals surface area contributed by atoms with Crippen molar-refractivity contribution in [3.63, 3.8) is 0 Å². The van der Waals surface area contributed by atoms with Gasteiger partial charge in [-0.2, -0.15) is 0 Å². The Labute approximate surface area is 255 Å². The first-order valence-electron chi connectivity index (χ1n) is 18.1. The second kappa shape index (κ2) is 33.2. The Balaban J connectivity index is 3.32. The number of carbonyl (C=O) groups is 2. The fourth-order valence-electron chi connectivity index (χ4n) is 5.55. The van der Waals surface area contributed by atoms with Gasteiger partial charge in [0.25, 0.3) is 0 Å². The molecule has 0 aliphatic rings. The van der Waals surface area contributed by atoms with Gasteiger partial charge in [-0.1, -0.05) is 167 Å². The van der Waals surface area contributed by atoms with Gasteiger partial charge in [0, 0.05) is 0 Å². The predicted molar refractivity (Wildman–Crippen MR) is 176 cm³/mol. The molecule has 0 radical (unpaired) electrons. The molecule has 242 valence electrons. The molecule has 0 aromatic rings. The highest BCUT2D eigenvalue weighted by molar-refractivity contribution is 5.78. The van der Waals surface area contributed by atoms with E-state index in [0.29, 0.717) is 13.0 Å². The second-order valence-corrected chi connectivity index (χ2v) is 12.4. The number of rotatable bonds is 33. The lowest BCUT2D eigenvalue weighted by Gasteiger charge is -2.11. The number of carbonyl (C=O) groups excluding carboxylic acids is 1. The SMILES string of the molecule is CCCCCCCCCCCCCCCCC/C=C/CCCCCCCCCCCC(CC(=O)OCCC)C(=O)O. The lowest BCUT2D eigenvalue weighted by atomic mass is 9.97. The Hall–Kier alpha value is -1.32. The van der Waals surface area contributed by atoms with Crippen molar-refractivity contribution in [3.05, 3.63) is 12.2 Å². The van der Waals surface area contributed by atoms with Crippen LogP contribution in [0.15, 0.2) is 12.2 Å². The minimum Gasteiger partial charge on any atom is -0.481 e. The highest BCUT2D eigenvalue weighted by Gasteiger charge is 2.21. The van der Waals surface area contributed by atoms with Crippen molar-refractivity contribution in [1.29, 1.82) is 0 Å². The van der Waals surface area contributed by atoms with Crippen molar-refractivity contribution in [2.24, 2.45) is 5.92 Å². The maximum atomic E-state index is 11.7. The zero-order valence-electron chi connectivity index (χ0n) is 27.6. The molecule has 0 rings (SSSR count). The van der Waals surface area contributed by atoms with Crippen LogP contribution >= 0.6 is 0 Å². The molecule has 1 atom stereocenters. The Bertz CT molecular complexity index is 585. The van der Waals surface area contributed by atoms with E-state index in [4.69, 9.17) is 4.74 Å². The molecule has 0 saturated heterocycles. The zero-order valence-corrected chi connectivity index (χ0v) is 27.6. The standard InChI is InChI=1S/C37H70O4/c1-3-5-6-7-8-9-10-11-12-13-14-15-16-17-18-19-20-21-22-23-24-25-26-27-28-29-30-31-32-35(37(39)40)34-36(38)41-33-4-2/h20-21,35H,3-19,22-34H2,1-2H3,(H,39,40)/b21-20+. The van der Waals surface area contributed by atoms with Gasteiger partial charge in [-0.05, 0) is 38.5 Å². The first-order valence-corrected chi connectivity index (χ1v) is 18.1. The summed E-state index contributed by atoms with van der Waals surface area (Å²) in [7, 11) is 0. The highest BCUT2D eigenvalue weighted by Crippen LogP contribution is 2.18. The van der Waals surface area contributed by atoms with Crippen LogP contribution in [-0.4, -0.2) is 23.7 Å². The van der Waals surface area contributed by atoms with Crippen LogP contribution in [0, 0.1) is 5.92 Å². The van der Waals surface area contributed by atoms with E-state index in [-0.39, 0.29) is 12.4 Å². The minimum atomic E-state index is -0.877. The Kier molecular flexibility index (Phi) is 32.1. The molecule has 0 aromatic heterocycles. The normalized spacial score (nSPS) is 12.2. The molecule has 0 spiro atoms. The van der Waals surface area contributed by atoms with Gasteiger partial charge >= 0.3 is 11.9 Å². The summed E-state index contributed by atoms with van der Waals surface area (Å²) in [4.78, 5) is 23.1. The third-order valence-corrected chi connectivity index (χ3v) is 8.29. The van der Waals surface area contributed by atoms with E-state index in [9.17, 15) is 14.7 Å². The van der Waals surface area contributed by atoms with Crippen molar-refractivity contribution >= 4 is 11.9 Å². The maximum Gasteiger partial charge on any atom is 0.307 e. The van der Waals surface area contributed by atoms with E-state index < -0.39 is 11.9 Å². The van der Waals surface area contributed by atoms with Crippen LogP contribution in [0.4, 0.5) is 0 Å². The number of esters is 1.